The van der Waals surface area contributed by atoms with Gasteiger partial charge in [-0.05, 0) is 56.1 Å². The number of rotatable bonds is 7. The average molecular weight is 370 g/mol. The number of carbonyl (C=O) groups is 1. The first-order chi connectivity index (χ1) is 13.0. The monoisotopic (exact) mass is 369 g/mol. The zero-order valence-electron chi connectivity index (χ0n) is 16.3. The topological polar surface area (TPSA) is 65.3 Å². The van der Waals surface area contributed by atoms with Crippen LogP contribution in [0.1, 0.15) is 62.5 Å². The van der Waals surface area contributed by atoms with Crippen molar-refractivity contribution in [3.63, 3.8) is 0 Å². The van der Waals surface area contributed by atoms with Crippen LogP contribution in [0.15, 0.2) is 34.5 Å². The van der Waals surface area contributed by atoms with E-state index in [2.05, 4.69) is 34.5 Å². The SMILES string of the molecule is CC1(O)CC(N=NCCCc2ccc([C@@H]3CCC4(C3)CN(C=O)C4)cc2)C1. The molecule has 0 radical (unpaired) electrons. The molecular formula is C22H31N3O2. The molecule has 0 bridgehead atoms. The molecule has 1 spiro atoms. The van der Waals surface area contributed by atoms with Crippen LogP contribution in [0.4, 0.5) is 0 Å². The number of likely N-dealkylation sites (tertiary alicyclic amines) is 1. The Balaban J connectivity index is 1.18. The smallest absolute Gasteiger partial charge is 0.209 e. The molecule has 2 saturated carbocycles. The number of benzene rings is 1. The van der Waals surface area contributed by atoms with Gasteiger partial charge in [-0.1, -0.05) is 24.3 Å². The molecule has 5 heteroatoms. The molecule has 2 aliphatic carbocycles. The summed E-state index contributed by atoms with van der Waals surface area (Å²) in [6.45, 7) is 4.54. The summed E-state index contributed by atoms with van der Waals surface area (Å²) < 4.78 is 0. The van der Waals surface area contributed by atoms with Crippen molar-refractivity contribution in [3.05, 3.63) is 35.4 Å². The quantitative estimate of drug-likeness (QED) is 0.452. The van der Waals surface area contributed by atoms with E-state index in [-0.39, 0.29) is 6.04 Å². The molecule has 146 valence electrons. The highest BCUT2D eigenvalue weighted by atomic mass is 16.3. The van der Waals surface area contributed by atoms with Gasteiger partial charge in [0, 0.05) is 31.3 Å². The molecule has 3 aliphatic rings. The second kappa shape index (κ2) is 7.34. The fraction of sp³-hybridized carbons (Fsp3) is 0.682. The van der Waals surface area contributed by atoms with Gasteiger partial charge in [-0.2, -0.15) is 10.2 Å². The van der Waals surface area contributed by atoms with Crippen LogP contribution in [-0.4, -0.2) is 47.7 Å². The van der Waals surface area contributed by atoms with Crippen LogP contribution in [0.25, 0.3) is 0 Å². The largest absolute Gasteiger partial charge is 0.390 e. The van der Waals surface area contributed by atoms with E-state index in [1.54, 1.807) is 0 Å². The third-order valence-corrected chi connectivity index (χ3v) is 6.70. The first-order valence-corrected chi connectivity index (χ1v) is 10.3. The summed E-state index contributed by atoms with van der Waals surface area (Å²) in [6, 6.07) is 9.35. The first kappa shape index (κ1) is 18.6. The van der Waals surface area contributed by atoms with E-state index < -0.39 is 5.60 Å². The van der Waals surface area contributed by atoms with Gasteiger partial charge in [-0.25, -0.2) is 0 Å². The normalized spacial score (nSPS) is 31.9. The third-order valence-electron chi connectivity index (χ3n) is 6.70. The minimum absolute atomic E-state index is 0.225. The fourth-order valence-corrected chi connectivity index (χ4v) is 5.19. The molecule has 1 amide bonds. The van der Waals surface area contributed by atoms with Crippen LogP contribution in [0, 0.1) is 5.41 Å². The zero-order chi connectivity index (χ0) is 18.9. The molecule has 1 saturated heterocycles. The maximum Gasteiger partial charge on any atom is 0.209 e. The van der Waals surface area contributed by atoms with Crippen LogP contribution in [0.3, 0.4) is 0 Å². The summed E-state index contributed by atoms with van der Waals surface area (Å²) in [6.07, 6.45) is 8.26. The Bertz CT molecular complexity index is 684. The third kappa shape index (κ3) is 4.23. The van der Waals surface area contributed by atoms with E-state index >= 15 is 0 Å². The highest BCUT2D eigenvalue weighted by molar-refractivity contribution is 5.49. The maximum atomic E-state index is 10.8. The lowest BCUT2D eigenvalue weighted by atomic mass is 9.77. The number of nitrogens with zero attached hydrogens (tertiary/aromatic N) is 3. The van der Waals surface area contributed by atoms with Crippen LogP contribution in [0.2, 0.25) is 0 Å². The van der Waals surface area contributed by atoms with E-state index in [0.717, 1.165) is 51.7 Å². The molecule has 1 N–H and O–H groups in total. The molecular weight excluding hydrogens is 338 g/mol. The summed E-state index contributed by atoms with van der Waals surface area (Å²) in [7, 11) is 0. The Labute approximate surface area is 161 Å². The van der Waals surface area contributed by atoms with Gasteiger partial charge in [0.15, 0.2) is 0 Å². The second-order valence-electron chi connectivity index (χ2n) is 9.33. The molecule has 5 nitrogen and oxygen atoms in total. The van der Waals surface area contributed by atoms with Crippen molar-refractivity contribution in [3.8, 4) is 0 Å². The number of aliphatic hydroxyl groups is 1. The van der Waals surface area contributed by atoms with Gasteiger partial charge < -0.3 is 10.0 Å². The van der Waals surface area contributed by atoms with Crippen molar-refractivity contribution in [2.24, 2.45) is 15.6 Å². The predicted molar refractivity (Wildman–Crippen MR) is 105 cm³/mol. The molecule has 1 aromatic carbocycles. The Morgan fingerprint density at radius 1 is 1.22 bits per heavy atom. The summed E-state index contributed by atoms with van der Waals surface area (Å²) in [5.41, 5.74) is 2.71. The Kier molecular flexibility index (Phi) is 5.06. The Morgan fingerprint density at radius 2 is 1.96 bits per heavy atom. The minimum atomic E-state index is -0.517. The average Bonchev–Trinajstić information content (AvgIpc) is 3.04. The summed E-state index contributed by atoms with van der Waals surface area (Å²) in [4.78, 5) is 12.7. The lowest BCUT2D eigenvalue weighted by molar-refractivity contribution is -0.129. The van der Waals surface area contributed by atoms with Gasteiger partial charge in [0.1, 0.15) is 0 Å². The molecule has 0 unspecified atom stereocenters. The highest BCUT2D eigenvalue weighted by Gasteiger charge is 2.47. The number of amides is 1. The lowest BCUT2D eigenvalue weighted by Crippen LogP contribution is -2.54. The lowest BCUT2D eigenvalue weighted by Gasteiger charge is -2.46. The molecule has 1 atom stereocenters. The standard InChI is InChI=1S/C22H31N3O2/c1-21(27)12-20(13-21)24-23-10-2-3-17-4-6-18(7-5-17)19-8-9-22(11-19)14-25(15-22)16-26/h4-7,16,19-20,27H,2-3,8-15H2,1H3/t19-,20?,21?/m1/s1. The number of hydrogen-bond acceptors (Lipinski definition) is 4. The minimum Gasteiger partial charge on any atom is -0.390 e. The summed E-state index contributed by atoms with van der Waals surface area (Å²) in [5, 5.41) is 18.3. The van der Waals surface area contributed by atoms with Crippen LogP contribution in [-0.2, 0) is 11.2 Å². The number of carbonyl (C=O) groups excluding carboxylic acids is 1. The zero-order valence-corrected chi connectivity index (χ0v) is 16.3. The number of aryl methyl sites for hydroxylation is 1. The number of hydrogen-bond donors (Lipinski definition) is 1. The highest BCUT2D eigenvalue weighted by Crippen LogP contribution is 2.51. The summed E-state index contributed by atoms with van der Waals surface area (Å²) >= 11 is 0. The molecule has 4 rings (SSSR count). The van der Waals surface area contributed by atoms with Gasteiger partial charge in [-0.3, -0.25) is 4.79 Å². The van der Waals surface area contributed by atoms with Crippen LogP contribution in [0.5, 0.6) is 0 Å². The molecule has 0 aromatic heterocycles. The molecule has 1 aromatic rings. The maximum absolute atomic E-state index is 10.8. The van der Waals surface area contributed by atoms with Crippen molar-refractivity contribution in [1.29, 1.82) is 0 Å². The van der Waals surface area contributed by atoms with Gasteiger partial charge in [0.2, 0.25) is 6.41 Å². The second-order valence-corrected chi connectivity index (χ2v) is 9.33. The number of azo groups is 1. The van der Waals surface area contributed by atoms with E-state index in [1.165, 1.54) is 30.4 Å². The Morgan fingerprint density at radius 3 is 2.63 bits per heavy atom. The van der Waals surface area contributed by atoms with Crippen molar-refractivity contribution in [1.82, 2.24) is 4.90 Å². The van der Waals surface area contributed by atoms with E-state index in [4.69, 9.17) is 0 Å². The van der Waals surface area contributed by atoms with Crippen molar-refractivity contribution >= 4 is 6.41 Å². The molecule has 3 fully saturated rings. The molecule has 1 heterocycles. The van der Waals surface area contributed by atoms with Gasteiger partial charge in [-0.15, -0.1) is 0 Å². The van der Waals surface area contributed by atoms with Crippen molar-refractivity contribution in [2.75, 3.05) is 19.6 Å². The summed E-state index contributed by atoms with van der Waals surface area (Å²) in [5.74, 6) is 0.654. The van der Waals surface area contributed by atoms with Gasteiger partial charge >= 0.3 is 0 Å². The van der Waals surface area contributed by atoms with Crippen molar-refractivity contribution < 1.29 is 9.90 Å². The molecule has 1 aliphatic heterocycles. The Hall–Kier alpha value is -1.75. The van der Waals surface area contributed by atoms with Crippen LogP contribution < -0.4 is 0 Å². The molecule has 27 heavy (non-hydrogen) atoms. The van der Waals surface area contributed by atoms with Gasteiger partial charge in [0.25, 0.3) is 0 Å². The van der Waals surface area contributed by atoms with Crippen molar-refractivity contribution in [2.45, 2.75) is 69.4 Å². The predicted octanol–water partition coefficient (Wildman–Crippen LogP) is 3.71. The van der Waals surface area contributed by atoms with Gasteiger partial charge in [0.05, 0.1) is 18.2 Å². The first-order valence-electron chi connectivity index (χ1n) is 10.3. The fourth-order valence-electron chi connectivity index (χ4n) is 5.19. The van der Waals surface area contributed by atoms with E-state index in [9.17, 15) is 9.90 Å². The van der Waals surface area contributed by atoms with E-state index in [1.807, 2.05) is 11.8 Å². The van der Waals surface area contributed by atoms with E-state index in [0.29, 0.717) is 11.3 Å². The van der Waals surface area contributed by atoms with Crippen LogP contribution >= 0.6 is 0 Å².